The SMILES string of the molecule is CCC=CCC=CCC=CCC=CCC=CCC=CCCC(=O)NCCC(CCNC(=O)c1c[n+]([O-])c(C)cn1)C(=O)O. The molecule has 9 nitrogen and oxygen atoms in total. The van der Waals surface area contributed by atoms with E-state index < -0.39 is 17.8 Å². The van der Waals surface area contributed by atoms with Crippen LogP contribution in [0, 0.1) is 18.0 Å². The number of carboxylic acid groups (broad SMARTS) is 1. The van der Waals surface area contributed by atoms with Gasteiger partial charge in [-0.15, -0.1) is 0 Å². The predicted octanol–water partition coefficient (Wildman–Crippen LogP) is 5.83. The minimum atomic E-state index is -0.993. The van der Waals surface area contributed by atoms with Crippen LogP contribution in [0.25, 0.3) is 0 Å². The molecule has 2 amide bonds. The van der Waals surface area contributed by atoms with E-state index in [2.05, 4.69) is 83.3 Å². The molecule has 43 heavy (non-hydrogen) atoms. The van der Waals surface area contributed by atoms with E-state index in [1.54, 1.807) is 6.92 Å². The van der Waals surface area contributed by atoms with E-state index in [0.717, 1.165) is 44.7 Å². The second kappa shape index (κ2) is 24.3. The van der Waals surface area contributed by atoms with Crippen LogP contribution < -0.4 is 15.4 Å². The molecule has 0 aliphatic heterocycles. The third kappa shape index (κ3) is 19.5. The highest BCUT2D eigenvalue weighted by molar-refractivity contribution is 5.91. The van der Waals surface area contributed by atoms with Gasteiger partial charge in [0.2, 0.25) is 17.8 Å². The second-order valence-electron chi connectivity index (χ2n) is 9.91. The van der Waals surface area contributed by atoms with Crippen LogP contribution in [-0.2, 0) is 9.59 Å². The summed E-state index contributed by atoms with van der Waals surface area (Å²) in [6.07, 6.45) is 35.1. The number of rotatable bonds is 22. The fourth-order valence-electron chi connectivity index (χ4n) is 3.75. The highest BCUT2D eigenvalue weighted by Crippen LogP contribution is 2.08. The van der Waals surface area contributed by atoms with Crippen LogP contribution in [0.5, 0.6) is 0 Å². The molecule has 0 bridgehead atoms. The zero-order chi connectivity index (χ0) is 31.5. The average molecular weight is 593 g/mol. The zero-order valence-corrected chi connectivity index (χ0v) is 25.6. The van der Waals surface area contributed by atoms with Crippen LogP contribution in [0.3, 0.4) is 0 Å². The lowest BCUT2D eigenvalue weighted by atomic mass is 10.0. The first kappa shape index (κ1) is 36.8. The number of carbonyl (C=O) groups is 3. The van der Waals surface area contributed by atoms with E-state index in [0.29, 0.717) is 23.3 Å². The molecule has 0 aromatic carbocycles. The molecule has 1 rings (SSSR count). The summed E-state index contributed by atoms with van der Waals surface area (Å²) in [4.78, 5) is 39.7. The van der Waals surface area contributed by atoms with Gasteiger partial charge in [-0.05, 0) is 57.8 Å². The maximum Gasteiger partial charge on any atom is 0.306 e. The first-order valence-electron chi connectivity index (χ1n) is 15.1. The molecule has 1 atom stereocenters. The Bertz CT molecular complexity index is 1150. The van der Waals surface area contributed by atoms with E-state index in [-0.39, 0.29) is 37.5 Å². The third-order valence-electron chi connectivity index (χ3n) is 6.29. The maximum atomic E-state index is 12.1. The largest absolute Gasteiger partial charge is 0.618 e. The molecule has 0 aliphatic carbocycles. The molecule has 0 spiro atoms. The molecule has 1 aromatic heterocycles. The van der Waals surface area contributed by atoms with Gasteiger partial charge in [-0.2, -0.15) is 4.73 Å². The zero-order valence-electron chi connectivity index (χ0n) is 25.6. The lowest BCUT2D eigenvalue weighted by Gasteiger charge is -2.13. The average Bonchev–Trinajstić information content (AvgIpc) is 2.98. The number of nitrogens with zero attached hydrogens (tertiary/aromatic N) is 2. The summed E-state index contributed by atoms with van der Waals surface area (Å²) in [6.45, 7) is 4.06. The van der Waals surface area contributed by atoms with Crippen LogP contribution in [0.2, 0.25) is 0 Å². The molecule has 3 N–H and O–H groups in total. The molecule has 0 radical (unpaired) electrons. The van der Waals surface area contributed by atoms with Gasteiger partial charge in [0, 0.05) is 26.4 Å². The highest BCUT2D eigenvalue weighted by Gasteiger charge is 2.19. The Morgan fingerprint density at radius 3 is 1.81 bits per heavy atom. The van der Waals surface area contributed by atoms with Crippen molar-refractivity contribution in [2.75, 3.05) is 13.1 Å². The van der Waals surface area contributed by atoms with Gasteiger partial charge in [0.05, 0.1) is 12.1 Å². The molecule has 0 saturated heterocycles. The number of amides is 2. The van der Waals surface area contributed by atoms with Gasteiger partial charge in [-0.3, -0.25) is 14.4 Å². The smallest absolute Gasteiger partial charge is 0.306 e. The minimum absolute atomic E-state index is 0.0355. The number of nitrogens with one attached hydrogen (secondary N) is 2. The Morgan fingerprint density at radius 2 is 1.33 bits per heavy atom. The number of aliphatic carboxylic acids is 1. The monoisotopic (exact) mass is 592 g/mol. The van der Waals surface area contributed by atoms with Crippen LogP contribution in [0.4, 0.5) is 0 Å². The van der Waals surface area contributed by atoms with Gasteiger partial charge in [0.15, 0.2) is 5.69 Å². The summed E-state index contributed by atoms with van der Waals surface area (Å²) in [7, 11) is 0. The minimum Gasteiger partial charge on any atom is -0.618 e. The van der Waals surface area contributed by atoms with E-state index in [1.807, 2.05) is 12.2 Å². The second-order valence-corrected chi connectivity index (χ2v) is 9.91. The van der Waals surface area contributed by atoms with Crippen molar-refractivity contribution in [1.82, 2.24) is 15.6 Å². The molecule has 0 aliphatic rings. The predicted molar refractivity (Wildman–Crippen MR) is 171 cm³/mol. The van der Waals surface area contributed by atoms with E-state index in [9.17, 15) is 24.7 Å². The topological polar surface area (TPSA) is 135 Å². The van der Waals surface area contributed by atoms with Crippen molar-refractivity contribution < 1.29 is 24.2 Å². The molecular weight excluding hydrogens is 544 g/mol. The maximum absolute atomic E-state index is 12.1. The number of carboxylic acids is 1. The third-order valence-corrected chi connectivity index (χ3v) is 6.29. The molecule has 234 valence electrons. The first-order chi connectivity index (χ1) is 20.8. The summed E-state index contributed by atoms with van der Waals surface area (Å²) in [5, 5.41) is 26.4. The Hall–Kier alpha value is -4.27. The van der Waals surface area contributed by atoms with E-state index >= 15 is 0 Å². The van der Waals surface area contributed by atoms with Crippen molar-refractivity contribution in [2.45, 2.75) is 78.1 Å². The molecule has 0 saturated carbocycles. The van der Waals surface area contributed by atoms with Gasteiger partial charge < -0.3 is 20.9 Å². The summed E-state index contributed by atoms with van der Waals surface area (Å²) in [6, 6.07) is 0. The Kier molecular flexibility index (Phi) is 20.8. The number of aryl methyl sites for hydroxylation is 1. The van der Waals surface area contributed by atoms with Crippen LogP contribution in [0.15, 0.2) is 85.3 Å². The standard InChI is InChI=1S/C34H48N4O5/c1-3-4-5-6-7-8-9-10-11-12-13-14-15-16-17-18-19-20-21-22-32(39)35-25-23-30(34(41)42)24-26-36-33(40)31-28-38(43)29(2)27-37-31/h4-5,7-8,10-11,13-14,16-17,19-20,27-28,30H,3,6,9,12,15,18,21-26H2,1-2H3,(H,35,39)(H,36,40)(H,41,42). The van der Waals surface area contributed by atoms with E-state index in [1.165, 1.54) is 6.20 Å². The van der Waals surface area contributed by atoms with E-state index in [4.69, 9.17) is 0 Å². The number of allylic oxidation sites excluding steroid dienone is 12. The Morgan fingerprint density at radius 1 is 0.837 bits per heavy atom. The fourth-order valence-corrected chi connectivity index (χ4v) is 3.75. The fraction of sp³-hybridized carbons (Fsp3) is 0.441. The number of aromatic nitrogens is 2. The molecule has 1 aromatic rings. The summed E-state index contributed by atoms with van der Waals surface area (Å²) < 4.78 is 0.548. The van der Waals surface area contributed by atoms with Gasteiger partial charge >= 0.3 is 5.97 Å². The normalized spacial score (nSPS) is 12.9. The number of carbonyl (C=O) groups excluding carboxylic acids is 2. The quantitative estimate of drug-likeness (QED) is 0.0881. The van der Waals surface area contributed by atoms with Crippen molar-refractivity contribution in [3.8, 4) is 0 Å². The summed E-state index contributed by atoms with van der Waals surface area (Å²) in [5.74, 6) is -2.39. The highest BCUT2D eigenvalue weighted by atomic mass is 16.5. The molecule has 9 heteroatoms. The van der Waals surface area contributed by atoms with Gasteiger partial charge in [-0.1, -0.05) is 79.8 Å². The lowest BCUT2D eigenvalue weighted by molar-refractivity contribution is -0.613. The van der Waals surface area contributed by atoms with Crippen LogP contribution in [0.1, 0.15) is 87.3 Å². The van der Waals surface area contributed by atoms with Crippen LogP contribution >= 0.6 is 0 Å². The van der Waals surface area contributed by atoms with Gasteiger partial charge in [0.25, 0.3) is 5.91 Å². The van der Waals surface area contributed by atoms with Crippen molar-refractivity contribution in [3.63, 3.8) is 0 Å². The number of hydrogen-bond donors (Lipinski definition) is 3. The Labute approximate surface area is 256 Å². The van der Waals surface area contributed by atoms with Crippen LogP contribution in [-0.4, -0.2) is 41.0 Å². The van der Waals surface area contributed by atoms with Gasteiger partial charge in [0.1, 0.15) is 0 Å². The van der Waals surface area contributed by atoms with Crippen molar-refractivity contribution in [1.29, 1.82) is 0 Å². The van der Waals surface area contributed by atoms with Crippen molar-refractivity contribution >= 4 is 17.8 Å². The van der Waals surface area contributed by atoms with Crippen molar-refractivity contribution in [3.05, 3.63) is 102 Å². The summed E-state index contributed by atoms with van der Waals surface area (Å²) in [5.41, 5.74) is 0.327. The first-order valence-corrected chi connectivity index (χ1v) is 15.1. The van der Waals surface area contributed by atoms with Crippen molar-refractivity contribution in [2.24, 2.45) is 5.92 Å². The summed E-state index contributed by atoms with van der Waals surface area (Å²) >= 11 is 0. The lowest BCUT2D eigenvalue weighted by Crippen LogP contribution is -2.35. The molecule has 1 unspecified atom stereocenters. The molecule has 1 heterocycles. The number of hydrogen-bond acceptors (Lipinski definition) is 5. The molecule has 0 fully saturated rings. The van der Waals surface area contributed by atoms with Gasteiger partial charge in [-0.25, -0.2) is 4.98 Å². The Balaban J connectivity index is 2.12. The molecular formula is C34H48N4O5.